The van der Waals surface area contributed by atoms with Gasteiger partial charge in [-0.25, -0.2) is 8.42 Å². The number of benzene rings is 1. The van der Waals surface area contributed by atoms with Crippen LogP contribution in [-0.4, -0.2) is 50.5 Å². The minimum Gasteiger partial charge on any atom is -0.376 e. The zero-order chi connectivity index (χ0) is 17.2. The van der Waals surface area contributed by atoms with Gasteiger partial charge in [0.05, 0.1) is 11.0 Å². The first-order valence-electron chi connectivity index (χ1n) is 8.46. The second-order valence-electron chi connectivity index (χ2n) is 6.47. The molecule has 2 atom stereocenters. The highest BCUT2D eigenvalue weighted by Crippen LogP contribution is 2.26. The van der Waals surface area contributed by atoms with Gasteiger partial charge in [0.25, 0.3) is 0 Å². The monoisotopic (exact) mass is 352 g/mol. The Morgan fingerprint density at radius 2 is 2.00 bits per heavy atom. The van der Waals surface area contributed by atoms with E-state index in [9.17, 15) is 13.2 Å². The molecule has 2 heterocycles. The Balaban J connectivity index is 1.69. The van der Waals surface area contributed by atoms with Crippen LogP contribution in [0.1, 0.15) is 31.2 Å². The van der Waals surface area contributed by atoms with Gasteiger partial charge in [0.2, 0.25) is 15.9 Å². The van der Waals surface area contributed by atoms with E-state index in [1.807, 2.05) is 6.92 Å². The molecule has 2 aliphatic rings. The van der Waals surface area contributed by atoms with Crippen molar-refractivity contribution in [3.8, 4) is 0 Å². The van der Waals surface area contributed by atoms with E-state index in [0.717, 1.165) is 25.0 Å². The third kappa shape index (κ3) is 3.63. The summed E-state index contributed by atoms with van der Waals surface area (Å²) >= 11 is 0. The molecule has 1 aromatic carbocycles. The van der Waals surface area contributed by atoms with E-state index in [-0.39, 0.29) is 16.9 Å². The smallest absolute Gasteiger partial charge is 0.243 e. The number of hydrogen-bond donors (Lipinski definition) is 1. The van der Waals surface area contributed by atoms with Crippen LogP contribution in [0.25, 0.3) is 0 Å². The molecule has 1 unspecified atom stereocenters. The van der Waals surface area contributed by atoms with Crippen LogP contribution in [0.15, 0.2) is 29.2 Å². The van der Waals surface area contributed by atoms with E-state index in [2.05, 4.69) is 5.32 Å². The third-order valence-corrected chi connectivity index (χ3v) is 6.58. The van der Waals surface area contributed by atoms with E-state index in [1.165, 1.54) is 4.31 Å². The van der Waals surface area contributed by atoms with Crippen molar-refractivity contribution in [2.24, 2.45) is 0 Å². The predicted octanol–water partition coefficient (Wildman–Crippen LogP) is 1.44. The number of carbonyl (C=O) groups excluding carboxylic acids is 1. The lowest BCUT2D eigenvalue weighted by Crippen LogP contribution is -2.47. The molecule has 1 amide bonds. The summed E-state index contributed by atoms with van der Waals surface area (Å²) in [4.78, 5) is 12.7. The van der Waals surface area contributed by atoms with Crippen LogP contribution in [0.4, 0.5) is 0 Å². The molecule has 7 heteroatoms. The molecular formula is C17H24N2O4S. The first-order valence-corrected chi connectivity index (χ1v) is 9.90. The standard InChI is InChI=1S/C17H24N2O4S/c1-13-6-8-15(9-7-13)24(21,22)19-10-2-5-16(19)17(20)18-12-14-4-3-11-23-14/h6-9,14,16H,2-5,10-12H2,1H3,(H,18,20)/t14?,16-/m0/s1. The summed E-state index contributed by atoms with van der Waals surface area (Å²) in [7, 11) is -3.65. The lowest BCUT2D eigenvalue weighted by molar-refractivity contribution is -0.124. The minimum absolute atomic E-state index is 0.0532. The molecule has 3 rings (SSSR count). The van der Waals surface area contributed by atoms with Crippen LogP contribution in [0.5, 0.6) is 0 Å². The quantitative estimate of drug-likeness (QED) is 0.870. The molecule has 0 spiro atoms. The fourth-order valence-electron chi connectivity index (χ4n) is 3.27. The third-order valence-electron chi connectivity index (χ3n) is 4.66. The average Bonchev–Trinajstić information content (AvgIpc) is 3.24. The Morgan fingerprint density at radius 1 is 1.25 bits per heavy atom. The fourth-order valence-corrected chi connectivity index (χ4v) is 4.93. The Kier molecular flexibility index (Phi) is 5.22. The molecule has 132 valence electrons. The SMILES string of the molecule is Cc1ccc(S(=O)(=O)N2CCC[C@H]2C(=O)NCC2CCCO2)cc1. The van der Waals surface area contributed by atoms with Crippen LogP contribution in [0, 0.1) is 6.92 Å². The van der Waals surface area contributed by atoms with Gasteiger partial charge >= 0.3 is 0 Å². The van der Waals surface area contributed by atoms with Crippen molar-refractivity contribution in [3.05, 3.63) is 29.8 Å². The van der Waals surface area contributed by atoms with Crippen LogP contribution in [0.2, 0.25) is 0 Å². The number of aryl methyl sites for hydroxylation is 1. The summed E-state index contributed by atoms with van der Waals surface area (Å²) in [5, 5.41) is 2.86. The number of nitrogens with zero attached hydrogens (tertiary/aromatic N) is 1. The van der Waals surface area contributed by atoms with Gasteiger partial charge in [-0.1, -0.05) is 17.7 Å². The molecule has 6 nitrogen and oxygen atoms in total. The maximum Gasteiger partial charge on any atom is 0.243 e. The number of ether oxygens (including phenoxy) is 1. The molecule has 0 aromatic heterocycles. The van der Waals surface area contributed by atoms with Crippen LogP contribution < -0.4 is 5.32 Å². The van der Waals surface area contributed by atoms with Crippen molar-refractivity contribution in [1.82, 2.24) is 9.62 Å². The number of carbonyl (C=O) groups is 1. The van der Waals surface area contributed by atoms with Gasteiger partial charge in [0.1, 0.15) is 6.04 Å². The number of nitrogens with one attached hydrogen (secondary N) is 1. The highest BCUT2D eigenvalue weighted by atomic mass is 32.2. The summed E-state index contributed by atoms with van der Waals surface area (Å²) < 4.78 is 32.5. The van der Waals surface area contributed by atoms with E-state index < -0.39 is 16.1 Å². The maximum atomic E-state index is 12.8. The second-order valence-corrected chi connectivity index (χ2v) is 8.36. The van der Waals surface area contributed by atoms with Gasteiger partial charge in [-0.3, -0.25) is 4.79 Å². The maximum absolute atomic E-state index is 12.8. The Morgan fingerprint density at radius 3 is 2.67 bits per heavy atom. The lowest BCUT2D eigenvalue weighted by atomic mass is 10.2. The first-order chi connectivity index (χ1) is 11.5. The highest BCUT2D eigenvalue weighted by molar-refractivity contribution is 7.89. The Hall–Kier alpha value is -1.44. The molecule has 0 aliphatic carbocycles. The van der Waals surface area contributed by atoms with E-state index >= 15 is 0 Å². The first kappa shape index (κ1) is 17.4. The van der Waals surface area contributed by atoms with Crippen molar-refractivity contribution in [2.75, 3.05) is 19.7 Å². The molecule has 0 bridgehead atoms. The lowest BCUT2D eigenvalue weighted by Gasteiger charge is -2.24. The van der Waals surface area contributed by atoms with E-state index in [0.29, 0.717) is 25.9 Å². The molecule has 0 radical (unpaired) electrons. The van der Waals surface area contributed by atoms with E-state index in [1.54, 1.807) is 24.3 Å². The molecular weight excluding hydrogens is 328 g/mol. The second kappa shape index (κ2) is 7.21. The largest absolute Gasteiger partial charge is 0.376 e. The highest BCUT2D eigenvalue weighted by Gasteiger charge is 2.39. The number of sulfonamides is 1. The van der Waals surface area contributed by atoms with Crippen molar-refractivity contribution >= 4 is 15.9 Å². The molecule has 0 saturated carbocycles. The van der Waals surface area contributed by atoms with Crippen LogP contribution in [-0.2, 0) is 19.6 Å². The molecule has 24 heavy (non-hydrogen) atoms. The Bertz CT molecular complexity index is 681. The molecule has 2 fully saturated rings. The van der Waals surface area contributed by atoms with Gasteiger partial charge in [-0.05, 0) is 44.7 Å². The van der Waals surface area contributed by atoms with Gasteiger partial charge < -0.3 is 10.1 Å². The number of rotatable bonds is 5. The average molecular weight is 352 g/mol. The summed E-state index contributed by atoms with van der Waals surface area (Å²) in [5.41, 5.74) is 1.00. The van der Waals surface area contributed by atoms with Gasteiger partial charge in [-0.15, -0.1) is 0 Å². The zero-order valence-corrected chi connectivity index (χ0v) is 14.7. The van der Waals surface area contributed by atoms with Gasteiger partial charge in [0, 0.05) is 19.7 Å². The molecule has 1 N–H and O–H groups in total. The number of amides is 1. The summed E-state index contributed by atoms with van der Waals surface area (Å²) in [5.74, 6) is -0.223. The summed E-state index contributed by atoms with van der Waals surface area (Å²) in [6.07, 6.45) is 3.26. The predicted molar refractivity (Wildman–Crippen MR) is 90.1 cm³/mol. The van der Waals surface area contributed by atoms with Gasteiger partial charge in [-0.2, -0.15) is 4.31 Å². The van der Waals surface area contributed by atoms with Crippen LogP contribution in [0.3, 0.4) is 0 Å². The molecule has 1 aromatic rings. The van der Waals surface area contributed by atoms with Crippen molar-refractivity contribution in [1.29, 1.82) is 0 Å². The summed E-state index contributed by atoms with van der Waals surface area (Å²) in [6, 6.07) is 6.12. The topological polar surface area (TPSA) is 75.7 Å². The van der Waals surface area contributed by atoms with Crippen molar-refractivity contribution in [3.63, 3.8) is 0 Å². The number of hydrogen-bond acceptors (Lipinski definition) is 4. The fraction of sp³-hybridized carbons (Fsp3) is 0.588. The van der Waals surface area contributed by atoms with Crippen LogP contribution >= 0.6 is 0 Å². The Labute approximate surface area is 143 Å². The molecule has 2 saturated heterocycles. The summed E-state index contributed by atoms with van der Waals surface area (Å²) in [6.45, 7) is 3.48. The van der Waals surface area contributed by atoms with Gasteiger partial charge in [0.15, 0.2) is 0 Å². The zero-order valence-electron chi connectivity index (χ0n) is 13.9. The van der Waals surface area contributed by atoms with E-state index in [4.69, 9.17) is 4.74 Å². The normalized spacial score (nSPS) is 25.0. The van der Waals surface area contributed by atoms with Crippen molar-refractivity contribution in [2.45, 2.75) is 49.6 Å². The molecule has 2 aliphatic heterocycles. The van der Waals surface area contributed by atoms with Crippen molar-refractivity contribution < 1.29 is 17.9 Å². The minimum atomic E-state index is -3.65.